The molecule has 1 aromatic heterocycles. The third-order valence-corrected chi connectivity index (χ3v) is 6.13. The lowest BCUT2D eigenvalue weighted by Gasteiger charge is -2.18. The molecule has 2 N–H and O–H groups in total. The molecule has 1 aromatic carbocycles. The lowest BCUT2D eigenvalue weighted by Crippen LogP contribution is -2.27. The molecule has 114 valence electrons. The summed E-state index contributed by atoms with van der Waals surface area (Å²) in [6, 6.07) is 2.96. The van der Waals surface area contributed by atoms with Gasteiger partial charge in [-0.2, -0.15) is 4.31 Å². The molecule has 0 atom stereocenters. The molecule has 0 unspecified atom stereocenters. The number of aryl methyl sites for hydroxylation is 2. The molecule has 0 aliphatic carbocycles. The number of hydrogen-bond donors (Lipinski definition) is 1. The van der Waals surface area contributed by atoms with Gasteiger partial charge < -0.3 is 5.73 Å². The van der Waals surface area contributed by atoms with Crippen LogP contribution in [0, 0.1) is 13.8 Å². The lowest BCUT2D eigenvalue weighted by molar-refractivity contribution is 0.462. The van der Waals surface area contributed by atoms with Crippen molar-refractivity contribution in [2.75, 3.05) is 12.8 Å². The summed E-state index contributed by atoms with van der Waals surface area (Å²) in [6.45, 7) is 3.79. The number of nitrogens with two attached hydrogens (primary N) is 1. The van der Waals surface area contributed by atoms with Crippen LogP contribution in [0.5, 0.6) is 0 Å². The van der Waals surface area contributed by atoms with E-state index in [1.54, 1.807) is 13.0 Å². The Hall–Kier alpha value is -1.15. The molecule has 8 heteroatoms. The third kappa shape index (κ3) is 3.37. The van der Waals surface area contributed by atoms with Gasteiger partial charge in [0.25, 0.3) is 0 Å². The maximum atomic E-state index is 12.6. The first-order chi connectivity index (χ1) is 9.71. The molecule has 0 radical (unpaired) electrons. The lowest BCUT2D eigenvalue weighted by atomic mass is 10.2. The number of hydrogen-bond acceptors (Lipinski definition) is 5. The van der Waals surface area contributed by atoms with E-state index in [0.717, 1.165) is 10.7 Å². The summed E-state index contributed by atoms with van der Waals surface area (Å²) in [4.78, 5) is 4.44. The fraction of sp³-hybridized carbons (Fsp3) is 0.308. The number of benzene rings is 1. The third-order valence-electron chi connectivity index (χ3n) is 3.03. The topological polar surface area (TPSA) is 76.3 Å². The highest BCUT2D eigenvalue weighted by Gasteiger charge is 2.24. The van der Waals surface area contributed by atoms with Gasteiger partial charge in [-0.25, -0.2) is 13.4 Å². The Morgan fingerprint density at radius 2 is 2.05 bits per heavy atom. The summed E-state index contributed by atoms with van der Waals surface area (Å²) in [7, 11) is -2.12. The van der Waals surface area contributed by atoms with Crippen LogP contribution >= 0.6 is 22.9 Å². The minimum Gasteiger partial charge on any atom is -0.397 e. The molecule has 1 heterocycles. The molecular formula is C13H16ClN3O2S2. The fourth-order valence-corrected chi connectivity index (χ4v) is 4.11. The highest BCUT2D eigenvalue weighted by atomic mass is 35.5. The van der Waals surface area contributed by atoms with E-state index < -0.39 is 10.0 Å². The van der Waals surface area contributed by atoms with E-state index in [2.05, 4.69) is 4.98 Å². The molecule has 2 aromatic rings. The van der Waals surface area contributed by atoms with Crippen LogP contribution in [0.3, 0.4) is 0 Å². The minimum absolute atomic E-state index is 0.166. The van der Waals surface area contributed by atoms with Gasteiger partial charge in [-0.05, 0) is 31.5 Å². The van der Waals surface area contributed by atoms with Crippen LogP contribution in [0.15, 0.2) is 22.4 Å². The summed E-state index contributed by atoms with van der Waals surface area (Å²) in [6.07, 6.45) is 0. The Kier molecular flexibility index (Phi) is 4.57. The van der Waals surface area contributed by atoms with Crippen LogP contribution in [0.25, 0.3) is 0 Å². The van der Waals surface area contributed by atoms with Gasteiger partial charge in [0.05, 0.1) is 32.9 Å². The summed E-state index contributed by atoms with van der Waals surface area (Å²) in [5.74, 6) is 0. The molecule has 0 spiro atoms. The predicted molar refractivity (Wildman–Crippen MR) is 86.1 cm³/mol. The number of rotatable bonds is 4. The van der Waals surface area contributed by atoms with E-state index >= 15 is 0 Å². The normalized spacial score (nSPS) is 12.0. The van der Waals surface area contributed by atoms with E-state index in [-0.39, 0.29) is 17.1 Å². The smallest absolute Gasteiger partial charge is 0.243 e. The highest BCUT2D eigenvalue weighted by Crippen LogP contribution is 2.28. The maximum absolute atomic E-state index is 12.6. The van der Waals surface area contributed by atoms with Crippen molar-refractivity contribution in [1.82, 2.24) is 9.29 Å². The summed E-state index contributed by atoms with van der Waals surface area (Å²) in [5, 5.41) is 3.11. The molecule has 0 aliphatic rings. The Balaban J connectivity index is 2.35. The number of nitrogen functional groups attached to an aromatic ring is 1. The summed E-state index contributed by atoms with van der Waals surface area (Å²) < 4.78 is 26.5. The van der Waals surface area contributed by atoms with Crippen molar-refractivity contribution < 1.29 is 8.42 Å². The Morgan fingerprint density at radius 1 is 1.38 bits per heavy atom. The molecular weight excluding hydrogens is 330 g/mol. The van der Waals surface area contributed by atoms with E-state index in [4.69, 9.17) is 17.3 Å². The highest BCUT2D eigenvalue weighted by molar-refractivity contribution is 7.89. The predicted octanol–water partition coefficient (Wildman–Crippen LogP) is 2.82. The molecule has 0 bridgehead atoms. The van der Waals surface area contributed by atoms with Gasteiger partial charge >= 0.3 is 0 Å². The number of thiazole rings is 1. The van der Waals surface area contributed by atoms with Crippen LogP contribution in [-0.4, -0.2) is 24.8 Å². The first-order valence-electron chi connectivity index (χ1n) is 6.15. The second kappa shape index (κ2) is 5.92. The SMILES string of the molecule is Cc1nc(CN(C)S(=O)(=O)c2cc(N)c(Cl)cc2C)cs1. The first kappa shape index (κ1) is 16.2. The van der Waals surface area contributed by atoms with Crippen molar-refractivity contribution >= 4 is 38.6 Å². The van der Waals surface area contributed by atoms with Crippen LogP contribution < -0.4 is 5.73 Å². The van der Waals surface area contributed by atoms with E-state index in [0.29, 0.717) is 10.6 Å². The van der Waals surface area contributed by atoms with Gasteiger partial charge in [0.2, 0.25) is 10.0 Å². The van der Waals surface area contributed by atoms with Crippen molar-refractivity contribution in [1.29, 1.82) is 0 Å². The molecule has 0 fully saturated rings. The van der Waals surface area contributed by atoms with E-state index in [1.807, 2.05) is 12.3 Å². The van der Waals surface area contributed by atoms with E-state index in [9.17, 15) is 8.42 Å². The van der Waals surface area contributed by atoms with Gasteiger partial charge in [0, 0.05) is 12.4 Å². The second-order valence-corrected chi connectivity index (χ2v) is 8.24. The molecule has 0 saturated carbocycles. The van der Waals surface area contributed by atoms with Crippen molar-refractivity contribution in [3.05, 3.63) is 38.8 Å². The molecule has 0 aliphatic heterocycles. The van der Waals surface area contributed by atoms with E-state index in [1.165, 1.54) is 28.8 Å². The standard InChI is InChI=1S/C13H16ClN3O2S2/c1-8-4-11(14)12(15)5-13(8)21(18,19)17(3)6-10-7-20-9(2)16-10/h4-5,7H,6,15H2,1-3H3. The van der Waals surface area contributed by atoms with Crippen molar-refractivity contribution in [3.8, 4) is 0 Å². The van der Waals surface area contributed by atoms with Gasteiger partial charge in [0.15, 0.2) is 0 Å². The Labute approximate surface area is 133 Å². The zero-order chi connectivity index (χ0) is 15.8. The van der Waals surface area contributed by atoms with Crippen LogP contribution in [0.4, 0.5) is 5.69 Å². The molecule has 0 saturated heterocycles. The zero-order valence-corrected chi connectivity index (χ0v) is 14.3. The maximum Gasteiger partial charge on any atom is 0.243 e. The summed E-state index contributed by atoms with van der Waals surface area (Å²) in [5.41, 5.74) is 7.26. The average molecular weight is 346 g/mol. The Bertz CT molecular complexity index is 772. The number of sulfonamides is 1. The van der Waals surface area contributed by atoms with Crippen molar-refractivity contribution in [2.45, 2.75) is 25.3 Å². The monoisotopic (exact) mass is 345 g/mol. The van der Waals surface area contributed by atoms with Crippen LogP contribution in [0.2, 0.25) is 5.02 Å². The van der Waals surface area contributed by atoms with Crippen LogP contribution in [0.1, 0.15) is 16.3 Å². The average Bonchev–Trinajstić information content (AvgIpc) is 2.79. The van der Waals surface area contributed by atoms with Crippen molar-refractivity contribution in [3.63, 3.8) is 0 Å². The minimum atomic E-state index is -3.64. The molecule has 21 heavy (non-hydrogen) atoms. The number of anilines is 1. The van der Waals surface area contributed by atoms with Gasteiger partial charge in [-0.1, -0.05) is 11.6 Å². The largest absolute Gasteiger partial charge is 0.397 e. The number of halogens is 1. The molecule has 0 amide bonds. The molecule has 2 rings (SSSR count). The second-order valence-electron chi connectivity index (χ2n) is 4.76. The quantitative estimate of drug-likeness (QED) is 0.864. The van der Waals surface area contributed by atoms with Crippen molar-refractivity contribution in [2.24, 2.45) is 0 Å². The first-order valence-corrected chi connectivity index (χ1v) is 8.84. The van der Waals surface area contributed by atoms with Gasteiger partial charge in [-0.15, -0.1) is 11.3 Å². The Morgan fingerprint density at radius 3 is 2.62 bits per heavy atom. The van der Waals surface area contributed by atoms with Gasteiger partial charge in [-0.3, -0.25) is 0 Å². The number of nitrogens with zero attached hydrogens (tertiary/aromatic N) is 2. The number of aromatic nitrogens is 1. The summed E-state index contributed by atoms with van der Waals surface area (Å²) >= 11 is 7.40. The fourth-order valence-electron chi connectivity index (χ4n) is 1.91. The molecule has 5 nitrogen and oxygen atoms in total. The zero-order valence-electron chi connectivity index (χ0n) is 11.9. The van der Waals surface area contributed by atoms with Crippen LogP contribution in [-0.2, 0) is 16.6 Å². The van der Waals surface area contributed by atoms with Gasteiger partial charge in [0.1, 0.15) is 0 Å².